The zero-order valence-corrected chi connectivity index (χ0v) is 11.8. The molecule has 0 radical (unpaired) electrons. The summed E-state index contributed by atoms with van der Waals surface area (Å²) in [6, 6.07) is 6.89. The fourth-order valence-electron chi connectivity index (χ4n) is 1.83. The second kappa shape index (κ2) is 5.97. The summed E-state index contributed by atoms with van der Waals surface area (Å²) in [7, 11) is 0. The number of hydrogen-bond acceptors (Lipinski definition) is 3. The molecule has 1 aromatic heterocycles. The first-order valence-corrected chi connectivity index (χ1v) is 6.73. The molecule has 0 aliphatic carbocycles. The van der Waals surface area contributed by atoms with Gasteiger partial charge >= 0.3 is 0 Å². The van der Waals surface area contributed by atoms with Crippen molar-refractivity contribution in [2.75, 3.05) is 0 Å². The summed E-state index contributed by atoms with van der Waals surface area (Å²) in [5, 5.41) is 4.97. The van der Waals surface area contributed by atoms with Crippen LogP contribution in [-0.4, -0.2) is 20.5 Å². The summed E-state index contributed by atoms with van der Waals surface area (Å²) in [5.41, 5.74) is 0.639. The Hall–Kier alpha value is -1.68. The van der Waals surface area contributed by atoms with Crippen LogP contribution in [0.1, 0.15) is 35.9 Å². The summed E-state index contributed by atoms with van der Waals surface area (Å²) in [6.45, 7) is 4.23. The molecule has 0 unspecified atom stereocenters. The Labute approximate surface area is 117 Å². The Morgan fingerprint density at radius 1 is 1.21 bits per heavy atom. The molecule has 0 aliphatic rings. The molecule has 1 heterocycles. The van der Waals surface area contributed by atoms with Crippen molar-refractivity contribution in [3.05, 3.63) is 46.5 Å². The molecule has 2 rings (SSSR count). The van der Waals surface area contributed by atoms with E-state index in [0.29, 0.717) is 10.6 Å². The first kappa shape index (κ1) is 13.7. The SMILES string of the molecule is CCc1nc(CC)n(CC(=O)c2ccc(Cl)cc2)n1. The summed E-state index contributed by atoms with van der Waals surface area (Å²) < 4.78 is 1.69. The van der Waals surface area contributed by atoms with E-state index in [1.165, 1.54) is 0 Å². The minimum Gasteiger partial charge on any atom is -0.292 e. The van der Waals surface area contributed by atoms with E-state index in [1.807, 2.05) is 13.8 Å². The van der Waals surface area contributed by atoms with Crippen LogP contribution in [0, 0.1) is 0 Å². The fraction of sp³-hybridized carbons (Fsp3) is 0.357. The maximum absolute atomic E-state index is 12.2. The lowest BCUT2D eigenvalue weighted by molar-refractivity contribution is 0.0966. The number of ketones is 1. The molecule has 19 heavy (non-hydrogen) atoms. The van der Waals surface area contributed by atoms with Gasteiger partial charge in [0.15, 0.2) is 11.6 Å². The van der Waals surface area contributed by atoms with Crippen LogP contribution in [0.15, 0.2) is 24.3 Å². The first-order valence-electron chi connectivity index (χ1n) is 6.35. The lowest BCUT2D eigenvalue weighted by Crippen LogP contribution is -2.14. The van der Waals surface area contributed by atoms with Gasteiger partial charge in [-0.2, -0.15) is 5.10 Å². The molecule has 1 aromatic carbocycles. The summed E-state index contributed by atoms with van der Waals surface area (Å²) in [4.78, 5) is 16.5. The van der Waals surface area contributed by atoms with Crippen molar-refractivity contribution in [2.45, 2.75) is 33.2 Å². The molecule has 4 nitrogen and oxygen atoms in total. The minimum atomic E-state index is 0.0129. The van der Waals surface area contributed by atoms with E-state index in [1.54, 1.807) is 28.9 Å². The third-order valence-electron chi connectivity index (χ3n) is 2.88. The molecule has 0 saturated heterocycles. The van der Waals surface area contributed by atoms with Gasteiger partial charge in [-0.3, -0.25) is 4.79 Å². The zero-order valence-electron chi connectivity index (χ0n) is 11.1. The van der Waals surface area contributed by atoms with Gasteiger partial charge in [-0.25, -0.2) is 9.67 Å². The number of carbonyl (C=O) groups excluding carboxylic acids is 1. The molecular formula is C14H16ClN3O. The van der Waals surface area contributed by atoms with Gasteiger partial charge in [-0.05, 0) is 24.3 Å². The average Bonchev–Trinajstić information content (AvgIpc) is 2.81. The summed E-state index contributed by atoms with van der Waals surface area (Å²) in [6.07, 6.45) is 1.54. The van der Waals surface area contributed by atoms with E-state index in [9.17, 15) is 4.79 Å². The Balaban J connectivity index is 2.18. The lowest BCUT2D eigenvalue weighted by atomic mass is 10.1. The molecule has 0 aliphatic heterocycles. The van der Waals surface area contributed by atoms with Gasteiger partial charge in [0.2, 0.25) is 0 Å². The van der Waals surface area contributed by atoms with Crippen LogP contribution < -0.4 is 0 Å². The number of benzene rings is 1. The normalized spacial score (nSPS) is 10.7. The smallest absolute Gasteiger partial charge is 0.184 e. The molecule has 0 bridgehead atoms. The lowest BCUT2D eigenvalue weighted by Gasteiger charge is -2.04. The number of aryl methyl sites for hydroxylation is 2. The number of Topliss-reactive ketones (excluding diaryl/α,β-unsaturated/α-hetero) is 1. The minimum absolute atomic E-state index is 0.0129. The number of halogens is 1. The molecule has 2 aromatic rings. The molecule has 0 N–H and O–H groups in total. The van der Waals surface area contributed by atoms with Crippen molar-refractivity contribution in [1.29, 1.82) is 0 Å². The molecular weight excluding hydrogens is 262 g/mol. The second-order valence-corrected chi connectivity index (χ2v) is 4.68. The van der Waals surface area contributed by atoms with E-state index in [0.717, 1.165) is 24.5 Å². The Morgan fingerprint density at radius 2 is 1.89 bits per heavy atom. The second-order valence-electron chi connectivity index (χ2n) is 4.24. The average molecular weight is 278 g/mol. The monoisotopic (exact) mass is 277 g/mol. The van der Waals surface area contributed by atoms with Crippen LogP contribution in [0.4, 0.5) is 0 Å². The zero-order chi connectivity index (χ0) is 13.8. The third-order valence-corrected chi connectivity index (χ3v) is 3.14. The van der Waals surface area contributed by atoms with Gasteiger partial charge in [0.1, 0.15) is 12.4 Å². The van der Waals surface area contributed by atoms with Crippen LogP contribution >= 0.6 is 11.6 Å². The van der Waals surface area contributed by atoms with Gasteiger partial charge < -0.3 is 0 Å². The van der Waals surface area contributed by atoms with Crippen molar-refractivity contribution >= 4 is 17.4 Å². The predicted octanol–water partition coefficient (Wildman–Crippen LogP) is 2.94. The van der Waals surface area contributed by atoms with Gasteiger partial charge in [-0.1, -0.05) is 25.4 Å². The molecule has 0 atom stereocenters. The molecule has 0 amide bonds. The first-order chi connectivity index (χ1) is 9.13. The van der Waals surface area contributed by atoms with E-state index >= 15 is 0 Å². The highest BCUT2D eigenvalue weighted by Crippen LogP contribution is 2.11. The Morgan fingerprint density at radius 3 is 2.47 bits per heavy atom. The highest BCUT2D eigenvalue weighted by molar-refractivity contribution is 6.30. The van der Waals surface area contributed by atoms with Crippen LogP contribution in [0.3, 0.4) is 0 Å². The van der Waals surface area contributed by atoms with E-state index in [2.05, 4.69) is 10.1 Å². The van der Waals surface area contributed by atoms with Crippen LogP contribution in [0.2, 0.25) is 5.02 Å². The quantitative estimate of drug-likeness (QED) is 0.790. The molecule has 0 saturated carbocycles. The highest BCUT2D eigenvalue weighted by Gasteiger charge is 2.12. The number of carbonyl (C=O) groups is 1. The Kier molecular flexibility index (Phi) is 4.32. The maximum atomic E-state index is 12.2. The van der Waals surface area contributed by atoms with Crippen molar-refractivity contribution in [3.63, 3.8) is 0 Å². The standard InChI is InChI=1S/C14H16ClN3O/c1-3-13-16-14(4-2)18(17-13)9-12(19)10-5-7-11(15)8-6-10/h5-8H,3-4,9H2,1-2H3. The maximum Gasteiger partial charge on any atom is 0.184 e. The van der Waals surface area contributed by atoms with Crippen LogP contribution in [-0.2, 0) is 19.4 Å². The van der Waals surface area contributed by atoms with Crippen molar-refractivity contribution in [2.24, 2.45) is 0 Å². The summed E-state index contributed by atoms with van der Waals surface area (Å²) in [5.74, 6) is 1.64. The molecule has 0 spiro atoms. The fourth-order valence-corrected chi connectivity index (χ4v) is 1.95. The van der Waals surface area contributed by atoms with Crippen LogP contribution in [0.5, 0.6) is 0 Å². The van der Waals surface area contributed by atoms with Crippen LogP contribution in [0.25, 0.3) is 0 Å². The molecule has 5 heteroatoms. The molecule has 0 fully saturated rings. The Bertz CT molecular complexity index is 575. The van der Waals surface area contributed by atoms with E-state index in [4.69, 9.17) is 11.6 Å². The van der Waals surface area contributed by atoms with Gasteiger partial charge in [0, 0.05) is 23.4 Å². The largest absolute Gasteiger partial charge is 0.292 e. The number of nitrogens with zero attached hydrogens (tertiary/aromatic N) is 3. The van der Waals surface area contributed by atoms with Crippen molar-refractivity contribution in [3.8, 4) is 0 Å². The predicted molar refractivity (Wildman–Crippen MR) is 74.6 cm³/mol. The number of rotatable bonds is 5. The van der Waals surface area contributed by atoms with Gasteiger partial charge in [-0.15, -0.1) is 0 Å². The van der Waals surface area contributed by atoms with Crippen molar-refractivity contribution < 1.29 is 4.79 Å². The molecule has 100 valence electrons. The highest BCUT2D eigenvalue weighted by atomic mass is 35.5. The van der Waals surface area contributed by atoms with Gasteiger partial charge in [0.25, 0.3) is 0 Å². The number of hydrogen-bond donors (Lipinski definition) is 0. The van der Waals surface area contributed by atoms with Gasteiger partial charge in [0.05, 0.1) is 0 Å². The van der Waals surface area contributed by atoms with E-state index < -0.39 is 0 Å². The summed E-state index contributed by atoms with van der Waals surface area (Å²) >= 11 is 5.81. The van der Waals surface area contributed by atoms with Crippen molar-refractivity contribution in [1.82, 2.24) is 14.8 Å². The third kappa shape index (κ3) is 3.20. The topological polar surface area (TPSA) is 47.8 Å². The van der Waals surface area contributed by atoms with E-state index in [-0.39, 0.29) is 12.3 Å². The number of aromatic nitrogens is 3.